The highest BCUT2D eigenvalue weighted by atomic mass is 32.1. The van der Waals surface area contributed by atoms with Crippen molar-refractivity contribution in [2.75, 3.05) is 12.3 Å². The van der Waals surface area contributed by atoms with Crippen LogP contribution in [0.1, 0.15) is 0 Å². The Morgan fingerprint density at radius 2 is 2.17 bits per heavy atom. The third-order valence-corrected chi connectivity index (χ3v) is 2.35. The smallest absolute Gasteiger partial charge is 0.422 e. The zero-order chi connectivity index (χ0) is 13.2. The van der Waals surface area contributed by atoms with Crippen molar-refractivity contribution in [1.82, 2.24) is 14.3 Å². The summed E-state index contributed by atoms with van der Waals surface area (Å²) in [5, 5.41) is 0.258. The summed E-state index contributed by atoms with van der Waals surface area (Å²) in [6, 6.07) is 2.65. The van der Waals surface area contributed by atoms with Gasteiger partial charge in [0.2, 0.25) is 0 Å². The number of nitrogens with two attached hydrogens (primary N) is 1. The van der Waals surface area contributed by atoms with E-state index >= 15 is 0 Å². The van der Waals surface area contributed by atoms with E-state index in [1.807, 2.05) is 0 Å². The van der Waals surface area contributed by atoms with Crippen molar-refractivity contribution in [3.05, 3.63) is 18.3 Å². The molecule has 96 valence electrons. The fourth-order valence-corrected chi connectivity index (χ4v) is 1.57. The molecule has 0 amide bonds. The molecular weight excluding hydrogens is 269 g/mol. The molecule has 9 heteroatoms. The molecule has 2 N–H and O–H groups in total. The highest BCUT2D eigenvalue weighted by Gasteiger charge is 2.28. The number of nitrogen functional groups attached to an aromatic ring is 1. The number of hydrogen-bond acceptors (Lipinski definition) is 6. The topological polar surface area (TPSA) is 73.9 Å². The number of aromatic nitrogens is 3. The molecule has 0 saturated carbocycles. The summed E-state index contributed by atoms with van der Waals surface area (Å²) >= 11 is 0.979. The summed E-state index contributed by atoms with van der Waals surface area (Å²) in [5.74, 6) is 0.306. The van der Waals surface area contributed by atoms with Crippen LogP contribution in [0.3, 0.4) is 0 Å². The van der Waals surface area contributed by atoms with Crippen LogP contribution in [0.5, 0.6) is 5.75 Å². The van der Waals surface area contributed by atoms with Gasteiger partial charge in [0.25, 0.3) is 0 Å². The van der Waals surface area contributed by atoms with Crippen LogP contribution in [0.2, 0.25) is 0 Å². The number of alkyl halides is 3. The lowest BCUT2D eigenvalue weighted by Gasteiger charge is -2.09. The van der Waals surface area contributed by atoms with Gasteiger partial charge in [-0.1, -0.05) is 0 Å². The van der Waals surface area contributed by atoms with Gasteiger partial charge in [-0.2, -0.15) is 22.5 Å². The van der Waals surface area contributed by atoms with Crippen molar-refractivity contribution >= 4 is 16.7 Å². The van der Waals surface area contributed by atoms with E-state index in [1.54, 1.807) is 0 Å². The fourth-order valence-electron chi connectivity index (χ4n) is 1.13. The molecule has 0 atom stereocenters. The molecule has 5 nitrogen and oxygen atoms in total. The Morgan fingerprint density at radius 3 is 2.78 bits per heavy atom. The minimum atomic E-state index is -4.38. The first-order valence-electron chi connectivity index (χ1n) is 4.69. The highest BCUT2D eigenvalue weighted by molar-refractivity contribution is 7.09. The molecular formula is C9H7F3N4OS. The van der Waals surface area contributed by atoms with Crippen LogP contribution in [0.4, 0.5) is 18.3 Å². The summed E-state index contributed by atoms with van der Waals surface area (Å²) in [4.78, 5) is 7.81. The lowest BCUT2D eigenvalue weighted by atomic mass is 10.3. The number of ether oxygens (including phenoxy) is 1. The molecule has 0 saturated heterocycles. The zero-order valence-corrected chi connectivity index (χ0v) is 9.63. The zero-order valence-electron chi connectivity index (χ0n) is 8.81. The summed E-state index contributed by atoms with van der Waals surface area (Å²) in [7, 11) is 0. The number of pyridine rings is 1. The van der Waals surface area contributed by atoms with Crippen molar-refractivity contribution in [2.24, 2.45) is 0 Å². The van der Waals surface area contributed by atoms with Gasteiger partial charge < -0.3 is 10.5 Å². The highest BCUT2D eigenvalue weighted by Crippen LogP contribution is 2.23. The average molecular weight is 276 g/mol. The lowest BCUT2D eigenvalue weighted by Crippen LogP contribution is -2.19. The Labute approximate surface area is 104 Å². The number of nitrogens with zero attached hydrogens (tertiary/aromatic N) is 3. The van der Waals surface area contributed by atoms with E-state index < -0.39 is 12.8 Å². The van der Waals surface area contributed by atoms with Gasteiger partial charge >= 0.3 is 6.18 Å². The van der Waals surface area contributed by atoms with Crippen LogP contribution in [-0.2, 0) is 0 Å². The second-order valence-electron chi connectivity index (χ2n) is 3.24. The second-order valence-corrected chi connectivity index (χ2v) is 4.02. The van der Waals surface area contributed by atoms with Crippen molar-refractivity contribution in [1.29, 1.82) is 0 Å². The van der Waals surface area contributed by atoms with Crippen LogP contribution < -0.4 is 10.5 Å². The Bertz CT molecular complexity index is 543. The molecule has 0 aromatic carbocycles. The summed E-state index contributed by atoms with van der Waals surface area (Å²) in [6.45, 7) is -1.36. The van der Waals surface area contributed by atoms with Gasteiger partial charge in [0.1, 0.15) is 11.4 Å². The largest absolute Gasteiger partial charge is 0.484 e. The van der Waals surface area contributed by atoms with Gasteiger partial charge in [-0.05, 0) is 6.07 Å². The number of halogens is 3. The Hall–Kier alpha value is -1.90. The third kappa shape index (κ3) is 3.29. The molecule has 18 heavy (non-hydrogen) atoms. The van der Waals surface area contributed by atoms with Crippen LogP contribution in [0.25, 0.3) is 11.5 Å². The van der Waals surface area contributed by atoms with Crippen LogP contribution in [-0.4, -0.2) is 27.1 Å². The van der Waals surface area contributed by atoms with Crippen molar-refractivity contribution < 1.29 is 17.9 Å². The summed E-state index contributed by atoms with van der Waals surface area (Å²) < 4.78 is 44.5. The minimum absolute atomic E-state index is 0.0469. The Kier molecular flexibility index (Phi) is 3.32. The van der Waals surface area contributed by atoms with Crippen LogP contribution in [0, 0.1) is 0 Å². The molecule has 2 heterocycles. The minimum Gasteiger partial charge on any atom is -0.484 e. The van der Waals surface area contributed by atoms with Gasteiger partial charge in [-0.15, -0.1) is 0 Å². The maximum Gasteiger partial charge on any atom is 0.422 e. The third-order valence-electron chi connectivity index (χ3n) is 1.80. The molecule has 0 bridgehead atoms. The molecule has 0 radical (unpaired) electrons. The van der Waals surface area contributed by atoms with E-state index in [2.05, 4.69) is 19.1 Å². The van der Waals surface area contributed by atoms with Gasteiger partial charge in [-0.3, -0.25) is 4.98 Å². The van der Waals surface area contributed by atoms with Crippen molar-refractivity contribution in [3.63, 3.8) is 0 Å². The van der Waals surface area contributed by atoms with Gasteiger partial charge in [0.05, 0.1) is 0 Å². The molecule has 2 rings (SSSR count). The van der Waals surface area contributed by atoms with E-state index in [1.165, 1.54) is 18.3 Å². The molecule has 0 aliphatic carbocycles. The van der Waals surface area contributed by atoms with E-state index in [0.29, 0.717) is 5.69 Å². The van der Waals surface area contributed by atoms with Gasteiger partial charge in [0.15, 0.2) is 17.6 Å². The molecule has 0 spiro atoms. The predicted octanol–water partition coefficient (Wildman–Crippen LogP) is 2.12. The molecule has 2 aromatic rings. The van der Waals surface area contributed by atoms with E-state index in [9.17, 15) is 13.2 Å². The first-order chi connectivity index (χ1) is 8.44. The average Bonchev–Trinajstić information content (AvgIpc) is 2.73. The number of anilines is 1. The van der Waals surface area contributed by atoms with E-state index in [0.717, 1.165) is 11.5 Å². The Balaban J connectivity index is 2.15. The second kappa shape index (κ2) is 4.77. The monoisotopic (exact) mass is 276 g/mol. The predicted molar refractivity (Wildman–Crippen MR) is 59.1 cm³/mol. The number of hydrogen-bond donors (Lipinski definition) is 1. The molecule has 0 aliphatic rings. The van der Waals surface area contributed by atoms with Crippen LogP contribution >= 0.6 is 11.5 Å². The molecule has 2 aromatic heterocycles. The SMILES string of the molecule is Nc1nc(-c2cc(OCC(F)(F)F)ccn2)ns1. The van der Waals surface area contributed by atoms with E-state index in [4.69, 9.17) is 5.73 Å². The van der Waals surface area contributed by atoms with Gasteiger partial charge in [0, 0.05) is 23.8 Å². The standard InChI is InChI=1S/C9H7F3N4OS/c10-9(11,12)4-17-5-1-2-14-6(3-5)7-15-8(13)18-16-7/h1-3H,4H2,(H2,13,15,16). The van der Waals surface area contributed by atoms with Crippen molar-refractivity contribution in [2.45, 2.75) is 6.18 Å². The van der Waals surface area contributed by atoms with Gasteiger partial charge in [-0.25, -0.2) is 0 Å². The van der Waals surface area contributed by atoms with Crippen molar-refractivity contribution in [3.8, 4) is 17.3 Å². The first kappa shape index (κ1) is 12.6. The lowest BCUT2D eigenvalue weighted by molar-refractivity contribution is -0.153. The molecule has 0 fully saturated rings. The quantitative estimate of drug-likeness (QED) is 0.929. The Morgan fingerprint density at radius 1 is 1.39 bits per heavy atom. The first-order valence-corrected chi connectivity index (χ1v) is 5.46. The normalized spacial score (nSPS) is 11.5. The maximum absolute atomic E-state index is 12.0. The van der Waals surface area contributed by atoms with E-state index in [-0.39, 0.29) is 16.7 Å². The molecule has 0 aliphatic heterocycles. The summed E-state index contributed by atoms with van der Waals surface area (Å²) in [6.07, 6.45) is -3.06. The number of rotatable bonds is 3. The maximum atomic E-state index is 12.0. The fraction of sp³-hybridized carbons (Fsp3) is 0.222. The summed E-state index contributed by atoms with van der Waals surface area (Å²) in [5.41, 5.74) is 5.71. The van der Waals surface area contributed by atoms with Crippen LogP contribution in [0.15, 0.2) is 18.3 Å². The molecule has 0 unspecified atom stereocenters.